The molecular weight excluding hydrogens is 150 g/mol. The Balaban J connectivity index is 2.22. The number of hydrogen-bond acceptors (Lipinski definition) is 2. The highest BCUT2D eigenvalue weighted by molar-refractivity contribution is 4.83. The van der Waals surface area contributed by atoms with Gasteiger partial charge in [-0.1, -0.05) is 20.8 Å². The van der Waals surface area contributed by atoms with Crippen LogP contribution in [0.15, 0.2) is 0 Å². The van der Waals surface area contributed by atoms with E-state index in [9.17, 15) is 0 Å². The molecular formula is C10H21NO. The monoisotopic (exact) mass is 171 g/mol. The van der Waals surface area contributed by atoms with Crippen LogP contribution in [-0.4, -0.2) is 35.7 Å². The molecule has 1 fully saturated rings. The van der Waals surface area contributed by atoms with Crippen molar-refractivity contribution in [3.8, 4) is 0 Å². The minimum Gasteiger partial charge on any atom is -0.395 e. The maximum absolute atomic E-state index is 8.97. The second-order valence-electron chi connectivity index (χ2n) is 4.34. The van der Waals surface area contributed by atoms with Crippen LogP contribution in [0, 0.1) is 11.8 Å². The Hall–Kier alpha value is -0.0800. The molecule has 0 radical (unpaired) electrons. The third-order valence-electron chi connectivity index (χ3n) is 3.14. The third-order valence-corrected chi connectivity index (χ3v) is 3.14. The number of nitrogens with zero attached hydrogens (tertiary/aromatic N) is 1. The maximum Gasteiger partial charge on any atom is 0.0587 e. The topological polar surface area (TPSA) is 23.5 Å². The number of likely N-dealkylation sites (tertiary alicyclic amines) is 1. The van der Waals surface area contributed by atoms with Crippen molar-refractivity contribution in [2.75, 3.05) is 19.7 Å². The molecule has 0 unspecified atom stereocenters. The van der Waals surface area contributed by atoms with Gasteiger partial charge in [0, 0.05) is 19.1 Å². The van der Waals surface area contributed by atoms with Crippen LogP contribution >= 0.6 is 0 Å². The van der Waals surface area contributed by atoms with Gasteiger partial charge in [-0.25, -0.2) is 0 Å². The molecule has 2 nitrogen and oxygen atoms in total. The molecule has 1 heterocycles. The van der Waals surface area contributed by atoms with Crippen LogP contribution in [0.3, 0.4) is 0 Å². The van der Waals surface area contributed by atoms with E-state index in [0.717, 1.165) is 18.4 Å². The predicted molar refractivity (Wildman–Crippen MR) is 51.1 cm³/mol. The van der Waals surface area contributed by atoms with E-state index < -0.39 is 0 Å². The van der Waals surface area contributed by atoms with Gasteiger partial charge in [0.05, 0.1) is 6.61 Å². The van der Waals surface area contributed by atoms with Crippen LogP contribution in [0.4, 0.5) is 0 Å². The van der Waals surface area contributed by atoms with Crippen molar-refractivity contribution in [1.82, 2.24) is 4.90 Å². The van der Waals surface area contributed by atoms with Crippen molar-refractivity contribution >= 4 is 0 Å². The maximum atomic E-state index is 8.97. The average molecular weight is 171 g/mol. The highest BCUT2D eigenvalue weighted by atomic mass is 16.3. The van der Waals surface area contributed by atoms with E-state index in [1.54, 1.807) is 0 Å². The van der Waals surface area contributed by atoms with Gasteiger partial charge in [-0.15, -0.1) is 0 Å². The Morgan fingerprint density at radius 1 is 1.42 bits per heavy atom. The van der Waals surface area contributed by atoms with Crippen molar-refractivity contribution in [3.05, 3.63) is 0 Å². The molecule has 12 heavy (non-hydrogen) atoms. The number of rotatable bonds is 4. The molecule has 0 aromatic rings. The largest absolute Gasteiger partial charge is 0.395 e. The van der Waals surface area contributed by atoms with Gasteiger partial charge < -0.3 is 5.11 Å². The molecule has 0 saturated carbocycles. The second-order valence-corrected chi connectivity index (χ2v) is 4.34. The molecule has 1 rings (SSSR count). The van der Waals surface area contributed by atoms with Crippen LogP contribution in [-0.2, 0) is 0 Å². The smallest absolute Gasteiger partial charge is 0.0587 e. The molecule has 0 spiro atoms. The van der Waals surface area contributed by atoms with Crippen molar-refractivity contribution in [3.63, 3.8) is 0 Å². The van der Waals surface area contributed by atoms with E-state index >= 15 is 0 Å². The van der Waals surface area contributed by atoms with Gasteiger partial charge in [-0.2, -0.15) is 0 Å². The molecule has 0 aromatic carbocycles. The molecule has 1 aliphatic heterocycles. The summed E-state index contributed by atoms with van der Waals surface area (Å²) < 4.78 is 0. The molecule has 0 aromatic heterocycles. The Kier molecular flexibility index (Phi) is 3.53. The van der Waals surface area contributed by atoms with Crippen LogP contribution in [0.5, 0.6) is 0 Å². The zero-order valence-corrected chi connectivity index (χ0v) is 8.45. The first kappa shape index (κ1) is 10.0. The molecule has 2 atom stereocenters. The Morgan fingerprint density at radius 2 is 2.08 bits per heavy atom. The molecule has 72 valence electrons. The lowest BCUT2D eigenvalue weighted by Gasteiger charge is -2.42. The molecule has 1 aliphatic rings. The minimum atomic E-state index is 0.338. The highest BCUT2D eigenvalue weighted by Crippen LogP contribution is 2.21. The fourth-order valence-corrected chi connectivity index (χ4v) is 1.52. The molecule has 0 bridgehead atoms. The van der Waals surface area contributed by atoms with E-state index in [-0.39, 0.29) is 0 Å². The highest BCUT2D eigenvalue weighted by Gasteiger charge is 2.28. The first-order chi connectivity index (χ1) is 5.65. The fraction of sp³-hybridized carbons (Fsp3) is 1.00. The van der Waals surface area contributed by atoms with Gasteiger partial charge in [0.1, 0.15) is 0 Å². The summed E-state index contributed by atoms with van der Waals surface area (Å²) in [5.41, 5.74) is 0. The van der Waals surface area contributed by atoms with Crippen LogP contribution in [0.2, 0.25) is 0 Å². The summed E-state index contributed by atoms with van der Waals surface area (Å²) >= 11 is 0. The normalized spacial score (nSPS) is 27.2. The lowest BCUT2D eigenvalue weighted by atomic mass is 9.94. The second kappa shape index (κ2) is 4.24. The Labute approximate surface area is 75.6 Å². The third kappa shape index (κ3) is 2.20. The fourth-order valence-electron chi connectivity index (χ4n) is 1.52. The van der Waals surface area contributed by atoms with Crippen molar-refractivity contribution in [1.29, 1.82) is 0 Å². The van der Waals surface area contributed by atoms with E-state index in [1.807, 2.05) is 0 Å². The SMILES string of the molecule is CC(C)[C@H](C)CN1CC[C@H]1CO. The summed E-state index contributed by atoms with van der Waals surface area (Å²) in [6.45, 7) is 9.49. The van der Waals surface area contributed by atoms with Crippen LogP contribution in [0.25, 0.3) is 0 Å². The molecule has 1 saturated heterocycles. The van der Waals surface area contributed by atoms with Gasteiger partial charge in [0.25, 0.3) is 0 Å². The summed E-state index contributed by atoms with van der Waals surface area (Å²) in [5.74, 6) is 1.50. The number of aliphatic hydroxyl groups excluding tert-OH is 1. The van der Waals surface area contributed by atoms with Gasteiger partial charge in [0.15, 0.2) is 0 Å². The number of aliphatic hydroxyl groups is 1. The minimum absolute atomic E-state index is 0.338. The van der Waals surface area contributed by atoms with E-state index in [1.165, 1.54) is 13.0 Å². The first-order valence-electron chi connectivity index (χ1n) is 5.00. The van der Waals surface area contributed by atoms with Gasteiger partial charge in [-0.3, -0.25) is 4.90 Å². The van der Waals surface area contributed by atoms with Crippen molar-refractivity contribution in [2.45, 2.75) is 33.2 Å². The van der Waals surface area contributed by atoms with Crippen molar-refractivity contribution in [2.24, 2.45) is 11.8 Å². The van der Waals surface area contributed by atoms with Gasteiger partial charge >= 0.3 is 0 Å². The lowest BCUT2D eigenvalue weighted by Crippen LogP contribution is -2.51. The summed E-state index contributed by atoms with van der Waals surface area (Å²) in [5, 5.41) is 8.97. The van der Waals surface area contributed by atoms with E-state index in [0.29, 0.717) is 12.6 Å². The van der Waals surface area contributed by atoms with Gasteiger partial charge in [-0.05, 0) is 18.3 Å². The summed E-state index contributed by atoms with van der Waals surface area (Å²) in [6, 6.07) is 0.464. The first-order valence-corrected chi connectivity index (χ1v) is 5.00. The standard InChI is InChI=1S/C10H21NO/c1-8(2)9(3)6-11-5-4-10(11)7-12/h8-10,12H,4-7H2,1-3H3/t9-,10+/m1/s1. The Bertz CT molecular complexity index is 134. The molecule has 2 heteroatoms. The van der Waals surface area contributed by atoms with Crippen molar-refractivity contribution < 1.29 is 5.11 Å². The summed E-state index contributed by atoms with van der Waals surface area (Å²) in [7, 11) is 0. The zero-order chi connectivity index (χ0) is 9.14. The average Bonchev–Trinajstić information content (AvgIpc) is 1.98. The number of hydrogen-bond donors (Lipinski definition) is 1. The van der Waals surface area contributed by atoms with Crippen LogP contribution in [0.1, 0.15) is 27.2 Å². The van der Waals surface area contributed by atoms with Crippen LogP contribution < -0.4 is 0 Å². The predicted octanol–water partition coefficient (Wildman–Crippen LogP) is 1.35. The lowest BCUT2D eigenvalue weighted by molar-refractivity contribution is 0.0258. The van der Waals surface area contributed by atoms with Gasteiger partial charge in [0.2, 0.25) is 0 Å². The van der Waals surface area contributed by atoms with E-state index in [2.05, 4.69) is 25.7 Å². The molecule has 0 aliphatic carbocycles. The Morgan fingerprint density at radius 3 is 2.42 bits per heavy atom. The summed E-state index contributed by atoms with van der Waals surface area (Å²) in [6.07, 6.45) is 1.18. The van der Waals surface area contributed by atoms with E-state index in [4.69, 9.17) is 5.11 Å². The molecule has 0 amide bonds. The quantitative estimate of drug-likeness (QED) is 0.690. The summed E-state index contributed by atoms with van der Waals surface area (Å²) in [4.78, 5) is 2.39. The zero-order valence-electron chi connectivity index (χ0n) is 8.45. The molecule has 1 N–H and O–H groups in total.